The summed E-state index contributed by atoms with van der Waals surface area (Å²) in [4.78, 5) is 17.0. The van der Waals surface area contributed by atoms with Gasteiger partial charge in [-0.25, -0.2) is 4.79 Å². The molecule has 2 aliphatic heterocycles. The fourth-order valence-electron chi connectivity index (χ4n) is 3.73. The lowest BCUT2D eigenvalue weighted by Gasteiger charge is -2.36. The molecule has 0 bridgehead atoms. The number of likely N-dealkylation sites (tertiary alicyclic amines) is 2. The standard InChI is InChI=1S/C19H29N3O/c1-16-7-3-4-8-18(16)20-19(23)22-13-9-17(10-14-22)15-21-11-5-2-6-12-21/h3-4,7-8,17H,2,5-6,9-15H2,1H3,(H,20,23). The van der Waals surface area contributed by atoms with Crippen molar-refractivity contribution < 1.29 is 4.79 Å². The van der Waals surface area contributed by atoms with Crippen molar-refractivity contribution >= 4 is 11.7 Å². The maximum Gasteiger partial charge on any atom is 0.321 e. The molecule has 0 aromatic heterocycles. The van der Waals surface area contributed by atoms with E-state index < -0.39 is 0 Å². The number of nitrogens with zero attached hydrogens (tertiary/aromatic N) is 2. The van der Waals surface area contributed by atoms with Crippen molar-refractivity contribution in [1.82, 2.24) is 9.80 Å². The molecule has 0 unspecified atom stereocenters. The Hall–Kier alpha value is -1.55. The molecule has 2 fully saturated rings. The molecule has 0 spiro atoms. The van der Waals surface area contributed by atoms with Gasteiger partial charge in [-0.15, -0.1) is 0 Å². The average molecular weight is 315 g/mol. The monoisotopic (exact) mass is 315 g/mol. The number of aryl methyl sites for hydroxylation is 1. The molecule has 0 aliphatic carbocycles. The summed E-state index contributed by atoms with van der Waals surface area (Å²) in [6.07, 6.45) is 6.39. The van der Waals surface area contributed by atoms with Crippen LogP contribution in [-0.2, 0) is 0 Å². The first-order valence-electron chi connectivity index (χ1n) is 9.06. The Balaban J connectivity index is 1.45. The SMILES string of the molecule is Cc1ccccc1NC(=O)N1CCC(CN2CCCCC2)CC1. The Morgan fingerprint density at radius 2 is 1.78 bits per heavy atom. The second-order valence-electron chi connectivity index (χ2n) is 7.04. The van der Waals surface area contributed by atoms with Crippen molar-refractivity contribution in [2.24, 2.45) is 5.92 Å². The quantitative estimate of drug-likeness (QED) is 0.922. The molecule has 23 heavy (non-hydrogen) atoms. The van der Waals surface area contributed by atoms with Crippen LogP contribution in [0, 0.1) is 12.8 Å². The topological polar surface area (TPSA) is 35.6 Å². The molecule has 1 N–H and O–H groups in total. The molecule has 3 rings (SSSR count). The summed E-state index contributed by atoms with van der Waals surface area (Å²) in [6, 6.07) is 8.01. The summed E-state index contributed by atoms with van der Waals surface area (Å²) in [5, 5.41) is 3.05. The number of hydrogen-bond acceptors (Lipinski definition) is 2. The van der Waals surface area contributed by atoms with E-state index in [1.165, 1.54) is 38.9 Å². The maximum atomic E-state index is 12.4. The highest BCUT2D eigenvalue weighted by Gasteiger charge is 2.25. The van der Waals surface area contributed by atoms with Gasteiger partial charge in [0, 0.05) is 25.3 Å². The highest BCUT2D eigenvalue weighted by Crippen LogP contribution is 2.22. The van der Waals surface area contributed by atoms with Crippen molar-refractivity contribution in [3.63, 3.8) is 0 Å². The smallest absolute Gasteiger partial charge is 0.321 e. The van der Waals surface area contributed by atoms with E-state index in [4.69, 9.17) is 0 Å². The maximum absolute atomic E-state index is 12.4. The number of piperidine rings is 2. The molecule has 2 saturated heterocycles. The van der Waals surface area contributed by atoms with Gasteiger partial charge in [-0.05, 0) is 63.2 Å². The highest BCUT2D eigenvalue weighted by atomic mass is 16.2. The van der Waals surface area contributed by atoms with E-state index in [1.807, 2.05) is 36.1 Å². The third-order valence-electron chi connectivity index (χ3n) is 5.25. The van der Waals surface area contributed by atoms with Gasteiger partial charge in [0.2, 0.25) is 0 Å². The van der Waals surface area contributed by atoms with Gasteiger partial charge < -0.3 is 15.1 Å². The molecule has 0 radical (unpaired) electrons. The summed E-state index contributed by atoms with van der Waals surface area (Å²) in [7, 11) is 0. The van der Waals surface area contributed by atoms with Gasteiger partial charge in [0.05, 0.1) is 0 Å². The minimum atomic E-state index is 0.0516. The van der Waals surface area contributed by atoms with Crippen LogP contribution in [0.2, 0.25) is 0 Å². The number of urea groups is 1. The minimum Gasteiger partial charge on any atom is -0.325 e. The van der Waals surface area contributed by atoms with E-state index in [0.717, 1.165) is 43.1 Å². The summed E-state index contributed by atoms with van der Waals surface area (Å²) in [5.41, 5.74) is 2.04. The fourth-order valence-corrected chi connectivity index (χ4v) is 3.73. The number of carbonyl (C=O) groups is 1. The fraction of sp³-hybridized carbons (Fsp3) is 0.632. The normalized spacial score (nSPS) is 20.5. The number of rotatable bonds is 3. The van der Waals surface area contributed by atoms with Gasteiger partial charge in [-0.2, -0.15) is 0 Å². The summed E-state index contributed by atoms with van der Waals surface area (Å²) < 4.78 is 0. The van der Waals surface area contributed by atoms with Crippen LogP contribution in [0.4, 0.5) is 10.5 Å². The Morgan fingerprint density at radius 1 is 1.09 bits per heavy atom. The lowest BCUT2D eigenvalue weighted by atomic mass is 9.95. The molecule has 1 aromatic carbocycles. The molecule has 126 valence electrons. The van der Waals surface area contributed by atoms with Crippen LogP contribution in [0.15, 0.2) is 24.3 Å². The zero-order valence-corrected chi connectivity index (χ0v) is 14.3. The number of benzene rings is 1. The molecule has 2 amide bonds. The Bertz CT molecular complexity index is 517. The van der Waals surface area contributed by atoms with Gasteiger partial charge in [0.25, 0.3) is 0 Å². The molecule has 1 aromatic rings. The summed E-state index contributed by atoms with van der Waals surface area (Å²) in [6.45, 7) is 7.57. The lowest BCUT2D eigenvalue weighted by molar-refractivity contribution is 0.142. The van der Waals surface area contributed by atoms with Gasteiger partial charge in [-0.1, -0.05) is 24.6 Å². The van der Waals surface area contributed by atoms with Crippen LogP contribution in [-0.4, -0.2) is 48.6 Å². The molecule has 0 saturated carbocycles. The van der Waals surface area contributed by atoms with Gasteiger partial charge in [0.1, 0.15) is 0 Å². The Labute approximate surface area is 139 Å². The van der Waals surface area contributed by atoms with Crippen molar-refractivity contribution in [2.75, 3.05) is 38.0 Å². The zero-order chi connectivity index (χ0) is 16.1. The van der Waals surface area contributed by atoms with Crippen molar-refractivity contribution in [3.05, 3.63) is 29.8 Å². The largest absolute Gasteiger partial charge is 0.325 e. The summed E-state index contributed by atoms with van der Waals surface area (Å²) in [5.74, 6) is 0.760. The van der Waals surface area contributed by atoms with Crippen LogP contribution in [0.5, 0.6) is 0 Å². The lowest BCUT2D eigenvalue weighted by Crippen LogP contribution is -2.44. The van der Waals surface area contributed by atoms with Gasteiger partial charge in [-0.3, -0.25) is 0 Å². The first kappa shape index (κ1) is 16.3. The number of hydrogen-bond donors (Lipinski definition) is 1. The molecule has 4 nitrogen and oxygen atoms in total. The van der Waals surface area contributed by atoms with Crippen LogP contribution in [0.3, 0.4) is 0 Å². The zero-order valence-electron chi connectivity index (χ0n) is 14.3. The molecular weight excluding hydrogens is 286 g/mol. The van der Waals surface area contributed by atoms with Crippen LogP contribution >= 0.6 is 0 Å². The van der Waals surface area contributed by atoms with Gasteiger partial charge in [0.15, 0.2) is 0 Å². The number of para-hydroxylation sites is 1. The van der Waals surface area contributed by atoms with Crippen molar-refractivity contribution in [3.8, 4) is 0 Å². The van der Waals surface area contributed by atoms with Crippen molar-refractivity contribution in [2.45, 2.75) is 39.0 Å². The summed E-state index contributed by atoms with van der Waals surface area (Å²) >= 11 is 0. The van der Waals surface area contributed by atoms with E-state index in [2.05, 4.69) is 10.2 Å². The Morgan fingerprint density at radius 3 is 2.48 bits per heavy atom. The third kappa shape index (κ3) is 4.47. The molecule has 2 heterocycles. The number of carbonyl (C=O) groups excluding carboxylic acids is 1. The minimum absolute atomic E-state index is 0.0516. The molecule has 0 atom stereocenters. The number of nitrogens with one attached hydrogen (secondary N) is 1. The van der Waals surface area contributed by atoms with E-state index in [-0.39, 0.29) is 6.03 Å². The predicted molar refractivity (Wildman–Crippen MR) is 94.8 cm³/mol. The van der Waals surface area contributed by atoms with E-state index in [9.17, 15) is 4.79 Å². The Kier molecular flexibility index (Phi) is 5.55. The van der Waals surface area contributed by atoms with E-state index in [1.54, 1.807) is 0 Å². The van der Waals surface area contributed by atoms with Crippen LogP contribution < -0.4 is 5.32 Å². The van der Waals surface area contributed by atoms with Gasteiger partial charge >= 0.3 is 6.03 Å². The number of anilines is 1. The second kappa shape index (κ2) is 7.82. The second-order valence-corrected chi connectivity index (χ2v) is 7.04. The van der Waals surface area contributed by atoms with Crippen LogP contribution in [0.1, 0.15) is 37.7 Å². The highest BCUT2D eigenvalue weighted by molar-refractivity contribution is 5.90. The molecule has 4 heteroatoms. The van der Waals surface area contributed by atoms with E-state index in [0.29, 0.717) is 0 Å². The average Bonchev–Trinajstić information content (AvgIpc) is 2.58. The number of amides is 2. The molecular formula is C19H29N3O. The first-order valence-corrected chi connectivity index (χ1v) is 9.06. The van der Waals surface area contributed by atoms with Crippen molar-refractivity contribution in [1.29, 1.82) is 0 Å². The third-order valence-corrected chi connectivity index (χ3v) is 5.25. The predicted octanol–water partition coefficient (Wildman–Crippen LogP) is 3.72. The molecule has 2 aliphatic rings. The van der Waals surface area contributed by atoms with Crippen LogP contribution in [0.25, 0.3) is 0 Å². The first-order chi connectivity index (χ1) is 11.2. The van der Waals surface area contributed by atoms with E-state index >= 15 is 0 Å².